The highest BCUT2D eigenvalue weighted by molar-refractivity contribution is 6.32. The molecule has 32 heavy (non-hydrogen) atoms. The number of benzene rings is 2. The minimum absolute atomic E-state index is 0.0422. The Kier molecular flexibility index (Phi) is 7.26. The van der Waals surface area contributed by atoms with Crippen LogP contribution in [-0.2, 0) is 4.79 Å². The average Bonchev–Trinajstić information content (AvgIpc) is 3.19. The van der Waals surface area contributed by atoms with Gasteiger partial charge in [0.15, 0.2) is 17.3 Å². The molecule has 1 heterocycles. The van der Waals surface area contributed by atoms with Gasteiger partial charge in [-0.05, 0) is 49.8 Å². The molecule has 0 bridgehead atoms. The van der Waals surface area contributed by atoms with E-state index < -0.39 is 11.9 Å². The molecule has 0 atom stereocenters. The summed E-state index contributed by atoms with van der Waals surface area (Å²) in [7, 11) is 0. The molecule has 8 nitrogen and oxygen atoms in total. The molecule has 162 valence electrons. The molecule has 0 saturated heterocycles. The zero-order valence-electron chi connectivity index (χ0n) is 17.2. The summed E-state index contributed by atoms with van der Waals surface area (Å²) in [5, 5.41) is 15.6. The van der Waals surface area contributed by atoms with E-state index in [4.69, 9.17) is 25.6 Å². The molecular formula is C23H18ClN3O5. The summed E-state index contributed by atoms with van der Waals surface area (Å²) in [6.45, 7) is 3.71. The average molecular weight is 452 g/mol. The van der Waals surface area contributed by atoms with Crippen LogP contribution >= 0.6 is 11.6 Å². The fourth-order valence-corrected chi connectivity index (χ4v) is 2.94. The minimum atomic E-state index is -0.672. The van der Waals surface area contributed by atoms with Gasteiger partial charge < -0.3 is 19.3 Å². The summed E-state index contributed by atoms with van der Waals surface area (Å²) >= 11 is 6.35. The number of nitrogens with one attached hydrogen (secondary N) is 1. The van der Waals surface area contributed by atoms with Crippen molar-refractivity contribution in [2.24, 2.45) is 0 Å². The Labute approximate surface area is 189 Å². The van der Waals surface area contributed by atoms with E-state index in [1.165, 1.54) is 24.3 Å². The van der Waals surface area contributed by atoms with Crippen molar-refractivity contribution in [1.82, 2.24) is 5.16 Å². The third-order valence-corrected chi connectivity index (χ3v) is 4.36. The summed E-state index contributed by atoms with van der Waals surface area (Å²) in [6, 6.07) is 14.8. The number of rotatable bonds is 7. The minimum Gasteiger partial charge on any atom is -0.490 e. The summed E-state index contributed by atoms with van der Waals surface area (Å²) in [5.74, 6) is -0.339. The van der Waals surface area contributed by atoms with Crippen molar-refractivity contribution in [3.63, 3.8) is 0 Å². The van der Waals surface area contributed by atoms with Gasteiger partial charge in [0.05, 0.1) is 17.2 Å². The van der Waals surface area contributed by atoms with E-state index in [9.17, 15) is 14.9 Å². The summed E-state index contributed by atoms with van der Waals surface area (Å²) in [5.41, 5.74) is 0.556. The lowest BCUT2D eigenvalue weighted by Crippen LogP contribution is -2.13. The number of nitriles is 1. The van der Waals surface area contributed by atoms with Gasteiger partial charge in [-0.2, -0.15) is 5.26 Å². The number of carbonyl (C=O) groups is 2. The van der Waals surface area contributed by atoms with E-state index in [1.807, 2.05) is 6.07 Å². The van der Waals surface area contributed by atoms with Crippen LogP contribution in [0.1, 0.15) is 28.6 Å². The molecule has 3 aromatic rings. The number of hydrogen-bond donors (Lipinski definition) is 1. The third kappa shape index (κ3) is 5.53. The fraction of sp³-hybridized carbons (Fsp3) is 0.130. The summed E-state index contributed by atoms with van der Waals surface area (Å²) in [4.78, 5) is 24.8. The molecule has 0 unspecified atom stereocenters. The van der Waals surface area contributed by atoms with E-state index >= 15 is 0 Å². The van der Waals surface area contributed by atoms with Crippen LogP contribution in [0.3, 0.4) is 0 Å². The Morgan fingerprint density at radius 1 is 1.25 bits per heavy atom. The van der Waals surface area contributed by atoms with E-state index in [0.717, 1.165) is 0 Å². The van der Waals surface area contributed by atoms with E-state index in [0.29, 0.717) is 16.9 Å². The monoisotopic (exact) mass is 451 g/mol. The van der Waals surface area contributed by atoms with Crippen molar-refractivity contribution in [2.75, 3.05) is 11.9 Å². The Bertz CT molecular complexity index is 1210. The number of aryl methyl sites for hydroxylation is 1. The van der Waals surface area contributed by atoms with Crippen molar-refractivity contribution in [3.8, 4) is 17.6 Å². The van der Waals surface area contributed by atoms with Crippen molar-refractivity contribution in [2.45, 2.75) is 13.8 Å². The molecule has 1 N–H and O–H groups in total. The maximum absolute atomic E-state index is 12.4. The van der Waals surface area contributed by atoms with Crippen LogP contribution in [0, 0.1) is 18.3 Å². The third-order valence-electron chi connectivity index (χ3n) is 4.08. The number of esters is 1. The quantitative estimate of drug-likeness (QED) is 0.237. The second kappa shape index (κ2) is 10.3. The first-order valence-corrected chi connectivity index (χ1v) is 9.89. The van der Waals surface area contributed by atoms with Crippen LogP contribution in [0.4, 0.5) is 5.82 Å². The second-order valence-corrected chi connectivity index (χ2v) is 6.87. The highest BCUT2D eigenvalue weighted by Gasteiger charge is 2.18. The first-order valence-electron chi connectivity index (χ1n) is 9.51. The van der Waals surface area contributed by atoms with Crippen LogP contribution in [0.25, 0.3) is 6.08 Å². The molecule has 0 radical (unpaired) electrons. The molecule has 0 aliphatic carbocycles. The zero-order chi connectivity index (χ0) is 23.1. The Morgan fingerprint density at radius 2 is 2.00 bits per heavy atom. The van der Waals surface area contributed by atoms with Gasteiger partial charge >= 0.3 is 5.97 Å². The summed E-state index contributed by atoms with van der Waals surface area (Å²) in [6.07, 6.45) is 1.33. The van der Waals surface area contributed by atoms with Gasteiger partial charge in [0.1, 0.15) is 17.4 Å². The Balaban J connectivity index is 1.89. The van der Waals surface area contributed by atoms with Crippen molar-refractivity contribution in [3.05, 3.63) is 76.0 Å². The van der Waals surface area contributed by atoms with Gasteiger partial charge in [-0.1, -0.05) is 35.0 Å². The predicted octanol–water partition coefficient (Wildman–Crippen LogP) is 4.80. The van der Waals surface area contributed by atoms with Crippen molar-refractivity contribution in [1.29, 1.82) is 5.26 Å². The van der Waals surface area contributed by atoms with Crippen LogP contribution in [0.2, 0.25) is 5.02 Å². The lowest BCUT2D eigenvalue weighted by atomic mass is 10.1. The maximum Gasteiger partial charge on any atom is 0.343 e. The first-order chi connectivity index (χ1) is 15.4. The van der Waals surface area contributed by atoms with Crippen LogP contribution in [0.15, 0.2) is 58.6 Å². The largest absolute Gasteiger partial charge is 0.490 e. The first kappa shape index (κ1) is 22.6. The number of carbonyl (C=O) groups excluding carboxylic acids is 2. The lowest BCUT2D eigenvalue weighted by Gasteiger charge is -2.13. The maximum atomic E-state index is 12.4. The van der Waals surface area contributed by atoms with Crippen LogP contribution in [0.5, 0.6) is 11.5 Å². The Hall–Kier alpha value is -4.09. The SMILES string of the molecule is CCOc1cc(C=C(C#N)C(=O)Nc2cc(C)on2)cc(Cl)c1OC(=O)c1ccccc1. The normalized spacial score (nSPS) is 10.9. The summed E-state index contributed by atoms with van der Waals surface area (Å²) < 4.78 is 15.9. The molecule has 0 spiro atoms. The van der Waals surface area contributed by atoms with Crippen LogP contribution < -0.4 is 14.8 Å². The predicted molar refractivity (Wildman–Crippen MR) is 117 cm³/mol. The lowest BCUT2D eigenvalue weighted by molar-refractivity contribution is -0.112. The molecule has 0 saturated carbocycles. The molecular weight excluding hydrogens is 434 g/mol. The van der Waals surface area contributed by atoms with Gasteiger partial charge in [0.25, 0.3) is 5.91 Å². The van der Waals surface area contributed by atoms with Crippen molar-refractivity contribution < 1.29 is 23.6 Å². The second-order valence-electron chi connectivity index (χ2n) is 6.47. The fourth-order valence-electron chi connectivity index (χ4n) is 2.68. The standard InChI is InChI=1S/C23H18ClN3O5/c1-3-30-19-12-15(10-17(13-25)22(28)26-20-9-14(2)32-27-20)11-18(24)21(19)31-23(29)16-7-5-4-6-8-16/h4-12H,3H2,1-2H3,(H,26,27,28). The molecule has 9 heteroatoms. The molecule has 3 rings (SSSR count). The number of amides is 1. The number of aromatic nitrogens is 1. The smallest absolute Gasteiger partial charge is 0.343 e. The highest BCUT2D eigenvalue weighted by atomic mass is 35.5. The molecule has 0 aliphatic rings. The van der Waals surface area contributed by atoms with Gasteiger partial charge in [-0.15, -0.1) is 0 Å². The molecule has 1 aromatic heterocycles. The van der Waals surface area contributed by atoms with Gasteiger partial charge in [0.2, 0.25) is 0 Å². The van der Waals surface area contributed by atoms with E-state index in [-0.39, 0.29) is 34.5 Å². The number of anilines is 1. The van der Waals surface area contributed by atoms with Gasteiger partial charge in [-0.3, -0.25) is 4.79 Å². The van der Waals surface area contributed by atoms with Gasteiger partial charge in [-0.25, -0.2) is 4.79 Å². The Morgan fingerprint density at radius 3 is 2.62 bits per heavy atom. The number of ether oxygens (including phenoxy) is 2. The van der Waals surface area contributed by atoms with E-state index in [1.54, 1.807) is 44.2 Å². The number of hydrogen-bond acceptors (Lipinski definition) is 7. The molecule has 0 aliphatic heterocycles. The molecule has 1 amide bonds. The zero-order valence-corrected chi connectivity index (χ0v) is 18.0. The number of halogens is 1. The van der Waals surface area contributed by atoms with Gasteiger partial charge in [0, 0.05) is 6.07 Å². The number of nitrogens with zero attached hydrogens (tertiary/aromatic N) is 2. The highest BCUT2D eigenvalue weighted by Crippen LogP contribution is 2.38. The topological polar surface area (TPSA) is 114 Å². The molecule has 0 fully saturated rings. The van der Waals surface area contributed by atoms with Crippen molar-refractivity contribution >= 4 is 35.4 Å². The van der Waals surface area contributed by atoms with Crippen LogP contribution in [-0.4, -0.2) is 23.6 Å². The molecule has 2 aromatic carbocycles. The van der Waals surface area contributed by atoms with E-state index in [2.05, 4.69) is 10.5 Å².